The van der Waals surface area contributed by atoms with Gasteiger partial charge in [-0.05, 0) is 30.3 Å². The van der Waals surface area contributed by atoms with E-state index in [0.29, 0.717) is 11.5 Å². The van der Waals surface area contributed by atoms with E-state index in [0.717, 1.165) is 12.1 Å². The number of ether oxygens (including phenoxy) is 2. The smallest absolute Gasteiger partial charge is 0.251 e. The van der Waals surface area contributed by atoms with E-state index in [9.17, 15) is 18.4 Å². The number of carbonyl (C=O) groups excluding carboxylic acids is 2. The zero-order chi connectivity index (χ0) is 19.8. The monoisotopic (exact) mass is 376 g/mol. The number of rotatable bonds is 8. The maximum atomic E-state index is 13.1. The zero-order valence-corrected chi connectivity index (χ0v) is 14.6. The summed E-state index contributed by atoms with van der Waals surface area (Å²) in [5.41, 5.74) is 0.344. The first-order valence-corrected chi connectivity index (χ1v) is 7.89. The summed E-state index contributed by atoms with van der Waals surface area (Å²) in [7, 11) is 1.44. The normalized spacial score (nSPS) is 10.0. The van der Waals surface area contributed by atoms with Gasteiger partial charge in [-0.3, -0.25) is 9.59 Å². The second-order valence-electron chi connectivity index (χ2n) is 5.33. The molecule has 0 radical (unpaired) electrons. The Bertz CT molecular complexity index is 856. The molecule has 2 N–H and O–H groups in total. The summed E-state index contributed by atoms with van der Waals surface area (Å²) >= 11 is 0. The Kier molecular flexibility index (Phi) is 6.87. The van der Waals surface area contributed by atoms with Crippen molar-refractivity contribution in [3.05, 3.63) is 66.3 Å². The highest BCUT2D eigenvalue weighted by molar-refractivity contribution is 5.99. The predicted octanol–water partition coefficient (Wildman–Crippen LogP) is 2.91. The first kappa shape index (κ1) is 19.9. The molecule has 27 heavy (non-hydrogen) atoms. The van der Waals surface area contributed by atoms with Crippen molar-refractivity contribution in [2.24, 2.45) is 0 Å². The minimum Gasteiger partial charge on any atom is -0.493 e. The first-order chi connectivity index (χ1) is 12.9. The number of benzene rings is 2. The molecule has 2 amide bonds. The average Bonchev–Trinajstić information content (AvgIpc) is 2.67. The molecule has 6 nitrogen and oxygen atoms in total. The maximum Gasteiger partial charge on any atom is 0.251 e. The van der Waals surface area contributed by atoms with Crippen LogP contribution in [-0.4, -0.2) is 32.1 Å². The van der Waals surface area contributed by atoms with Gasteiger partial charge in [0.1, 0.15) is 6.61 Å². The standard InChI is InChI=1S/C19H18F2N2O4/c1-3-8-27-16-7-4-12(9-17(16)26-2)19(25)22-11-18(24)23-13-5-6-14(20)15(21)10-13/h3-7,9-10H,1,8,11H2,2H3,(H,22,25)(H,23,24). The molecule has 0 fully saturated rings. The summed E-state index contributed by atoms with van der Waals surface area (Å²) in [6.45, 7) is 3.48. The van der Waals surface area contributed by atoms with Crippen LogP contribution >= 0.6 is 0 Å². The Morgan fingerprint density at radius 3 is 2.56 bits per heavy atom. The molecule has 2 aromatic rings. The third-order valence-electron chi connectivity index (χ3n) is 3.40. The Hall–Kier alpha value is -3.42. The minimum atomic E-state index is -1.08. The van der Waals surface area contributed by atoms with Gasteiger partial charge in [0, 0.05) is 17.3 Å². The second kappa shape index (κ2) is 9.33. The number of carbonyl (C=O) groups is 2. The molecule has 0 aliphatic carbocycles. The molecule has 0 saturated heterocycles. The molecular formula is C19H18F2N2O4. The fourth-order valence-electron chi connectivity index (χ4n) is 2.12. The van der Waals surface area contributed by atoms with E-state index in [1.54, 1.807) is 12.1 Å². The van der Waals surface area contributed by atoms with Gasteiger partial charge >= 0.3 is 0 Å². The average molecular weight is 376 g/mol. The molecular weight excluding hydrogens is 358 g/mol. The maximum absolute atomic E-state index is 13.1. The molecule has 0 bridgehead atoms. The predicted molar refractivity (Wildman–Crippen MR) is 96.0 cm³/mol. The van der Waals surface area contributed by atoms with Crippen molar-refractivity contribution in [3.63, 3.8) is 0 Å². The van der Waals surface area contributed by atoms with E-state index >= 15 is 0 Å². The number of anilines is 1. The number of hydrogen-bond donors (Lipinski definition) is 2. The second-order valence-corrected chi connectivity index (χ2v) is 5.33. The van der Waals surface area contributed by atoms with Crippen LogP contribution in [0.2, 0.25) is 0 Å². The van der Waals surface area contributed by atoms with E-state index in [4.69, 9.17) is 9.47 Å². The number of halogens is 2. The summed E-state index contributed by atoms with van der Waals surface area (Å²) in [6.07, 6.45) is 1.58. The van der Waals surface area contributed by atoms with Crippen molar-refractivity contribution in [1.82, 2.24) is 5.32 Å². The first-order valence-electron chi connectivity index (χ1n) is 7.89. The molecule has 142 valence electrons. The van der Waals surface area contributed by atoms with Crippen LogP contribution in [0.15, 0.2) is 49.1 Å². The Balaban J connectivity index is 1.95. The summed E-state index contributed by atoms with van der Waals surface area (Å²) < 4.78 is 36.6. The van der Waals surface area contributed by atoms with Crippen molar-refractivity contribution >= 4 is 17.5 Å². The van der Waals surface area contributed by atoms with Crippen LogP contribution in [-0.2, 0) is 4.79 Å². The molecule has 0 aromatic heterocycles. The minimum absolute atomic E-state index is 0.0820. The Morgan fingerprint density at radius 2 is 1.89 bits per heavy atom. The van der Waals surface area contributed by atoms with Gasteiger partial charge in [-0.15, -0.1) is 0 Å². The molecule has 8 heteroatoms. The third kappa shape index (κ3) is 5.53. The number of methoxy groups -OCH3 is 1. The molecule has 0 spiro atoms. The third-order valence-corrected chi connectivity index (χ3v) is 3.40. The van der Waals surface area contributed by atoms with Gasteiger partial charge in [0.15, 0.2) is 23.1 Å². The van der Waals surface area contributed by atoms with Gasteiger partial charge in [-0.25, -0.2) is 8.78 Å². The fourth-order valence-corrected chi connectivity index (χ4v) is 2.12. The fraction of sp³-hybridized carbons (Fsp3) is 0.158. The highest BCUT2D eigenvalue weighted by Crippen LogP contribution is 2.28. The molecule has 0 unspecified atom stereocenters. The van der Waals surface area contributed by atoms with Crippen molar-refractivity contribution < 1.29 is 27.8 Å². The van der Waals surface area contributed by atoms with E-state index < -0.39 is 23.4 Å². The summed E-state index contributed by atoms with van der Waals surface area (Å²) in [5, 5.41) is 4.78. The van der Waals surface area contributed by atoms with Gasteiger partial charge in [-0.1, -0.05) is 12.7 Å². The van der Waals surface area contributed by atoms with Crippen LogP contribution in [0.4, 0.5) is 14.5 Å². The molecule has 2 rings (SSSR count). The highest BCUT2D eigenvalue weighted by Gasteiger charge is 2.13. The van der Waals surface area contributed by atoms with E-state index in [-0.39, 0.29) is 24.4 Å². The molecule has 0 atom stereocenters. The van der Waals surface area contributed by atoms with Crippen molar-refractivity contribution in [1.29, 1.82) is 0 Å². The summed E-state index contributed by atoms with van der Waals surface area (Å²) in [6, 6.07) is 7.52. The molecule has 0 aliphatic rings. The van der Waals surface area contributed by atoms with Gasteiger partial charge in [0.05, 0.1) is 13.7 Å². The van der Waals surface area contributed by atoms with Gasteiger partial charge in [0.25, 0.3) is 5.91 Å². The molecule has 0 saturated carbocycles. The number of amides is 2. The van der Waals surface area contributed by atoms with Crippen LogP contribution in [0.5, 0.6) is 11.5 Å². The van der Waals surface area contributed by atoms with Gasteiger partial charge in [-0.2, -0.15) is 0 Å². The molecule has 0 heterocycles. The summed E-state index contributed by atoms with van der Waals surface area (Å²) in [4.78, 5) is 24.0. The van der Waals surface area contributed by atoms with Crippen LogP contribution < -0.4 is 20.1 Å². The number of nitrogens with one attached hydrogen (secondary N) is 2. The lowest BCUT2D eigenvalue weighted by Crippen LogP contribution is -2.32. The van der Waals surface area contributed by atoms with E-state index in [1.807, 2.05) is 0 Å². The van der Waals surface area contributed by atoms with Crippen LogP contribution in [0.25, 0.3) is 0 Å². The lowest BCUT2D eigenvalue weighted by atomic mass is 10.2. The topological polar surface area (TPSA) is 76.7 Å². The van der Waals surface area contributed by atoms with E-state index in [1.165, 1.54) is 25.3 Å². The molecule has 2 aromatic carbocycles. The Morgan fingerprint density at radius 1 is 1.11 bits per heavy atom. The van der Waals surface area contributed by atoms with Crippen LogP contribution in [0, 0.1) is 11.6 Å². The van der Waals surface area contributed by atoms with Gasteiger partial charge in [0.2, 0.25) is 5.91 Å². The summed E-state index contributed by atoms with van der Waals surface area (Å²) in [5.74, 6) is -2.39. The lowest BCUT2D eigenvalue weighted by molar-refractivity contribution is -0.115. The van der Waals surface area contributed by atoms with Crippen molar-refractivity contribution in [2.75, 3.05) is 25.6 Å². The molecule has 0 aliphatic heterocycles. The SMILES string of the molecule is C=CCOc1ccc(C(=O)NCC(=O)Nc2ccc(F)c(F)c2)cc1OC. The van der Waals surface area contributed by atoms with Crippen LogP contribution in [0.3, 0.4) is 0 Å². The van der Waals surface area contributed by atoms with E-state index in [2.05, 4.69) is 17.2 Å². The van der Waals surface area contributed by atoms with Gasteiger partial charge < -0.3 is 20.1 Å². The quantitative estimate of drug-likeness (QED) is 0.695. The largest absolute Gasteiger partial charge is 0.493 e. The zero-order valence-electron chi connectivity index (χ0n) is 14.6. The lowest BCUT2D eigenvalue weighted by Gasteiger charge is -2.11. The van der Waals surface area contributed by atoms with Crippen LogP contribution in [0.1, 0.15) is 10.4 Å². The highest BCUT2D eigenvalue weighted by atomic mass is 19.2. The number of hydrogen-bond acceptors (Lipinski definition) is 4. The van der Waals surface area contributed by atoms with Crippen molar-refractivity contribution in [2.45, 2.75) is 0 Å². The van der Waals surface area contributed by atoms with Crippen molar-refractivity contribution in [3.8, 4) is 11.5 Å². The Labute approximate surface area is 154 Å².